The van der Waals surface area contributed by atoms with Gasteiger partial charge in [-0.05, 0) is 29.9 Å². The van der Waals surface area contributed by atoms with Crippen molar-refractivity contribution in [1.82, 2.24) is 4.90 Å². The number of amides is 1. The average Bonchev–Trinajstić information content (AvgIpc) is 2.92. The van der Waals surface area contributed by atoms with Crippen LogP contribution < -0.4 is 5.73 Å². The molecule has 3 unspecified atom stereocenters. The minimum atomic E-state index is -0.132. The van der Waals surface area contributed by atoms with Crippen LogP contribution in [0.1, 0.15) is 58.0 Å². The number of rotatable bonds is 5. The summed E-state index contributed by atoms with van der Waals surface area (Å²) in [5, 5.41) is 0. The van der Waals surface area contributed by atoms with Crippen LogP contribution in [0.5, 0.6) is 0 Å². The van der Waals surface area contributed by atoms with Crippen LogP contribution in [0.25, 0.3) is 0 Å². The second-order valence-corrected chi connectivity index (χ2v) is 7.55. The minimum Gasteiger partial charge on any atom is -0.464 e. The van der Waals surface area contributed by atoms with Gasteiger partial charge < -0.3 is 15.1 Å². The summed E-state index contributed by atoms with van der Waals surface area (Å²) in [5.74, 6) is 3.28. The van der Waals surface area contributed by atoms with E-state index in [9.17, 15) is 4.79 Å². The Bertz CT molecular complexity index is 501. The lowest BCUT2D eigenvalue weighted by Gasteiger charge is -2.28. The summed E-state index contributed by atoms with van der Waals surface area (Å²) in [6, 6.07) is 3.89. The summed E-state index contributed by atoms with van der Waals surface area (Å²) < 4.78 is 5.85. The Labute approximate surface area is 127 Å². The lowest BCUT2D eigenvalue weighted by atomic mass is 9.85. The van der Waals surface area contributed by atoms with Gasteiger partial charge in [-0.15, -0.1) is 0 Å². The molecule has 1 amide bonds. The first kappa shape index (κ1) is 16.1. The van der Waals surface area contributed by atoms with Crippen molar-refractivity contribution in [3.05, 3.63) is 23.7 Å². The second kappa shape index (κ2) is 5.84. The smallest absolute Gasteiger partial charge is 0.224 e. The van der Waals surface area contributed by atoms with Crippen molar-refractivity contribution in [2.24, 2.45) is 17.1 Å². The topological polar surface area (TPSA) is 59.5 Å². The van der Waals surface area contributed by atoms with E-state index in [2.05, 4.69) is 27.7 Å². The quantitative estimate of drug-likeness (QED) is 0.907. The number of nitrogens with two attached hydrogens (primary N) is 1. The van der Waals surface area contributed by atoms with Gasteiger partial charge >= 0.3 is 0 Å². The van der Waals surface area contributed by atoms with Crippen LogP contribution in [-0.4, -0.2) is 23.9 Å². The minimum absolute atomic E-state index is 0.0591. The van der Waals surface area contributed by atoms with Gasteiger partial charge in [0.25, 0.3) is 0 Å². The molecule has 1 aliphatic carbocycles. The molecule has 3 atom stereocenters. The molecular formula is C17H28N2O2. The van der Waals surface area contributed by atoms with Crippen molar-refractivity contribution in [2.45, 2.75) is 59.0 Å². The summed E-state index contributed by atoms with van der Waals surface area (Å²) in [5.41, 5.74) is 6.02. The maximum absolute atomic E-state index is 12.2. The summed E-state index contributed by atoms with van der Waals surface area (Å²) in [7, 11) is 1.81. The maximum atomic E-state index is 12.2. The lowest BCUT2D eigenvalue weighted by Crippen LogP contribution is -2.40. The van der Waals surface area contributed by atoms with Gasteiger partial charge in [-0.1, -0.05) is 27.7 Å². The molecule has 0 bridgehead atoms. The Hall–Kier alpha value is -1.29. The molecule has 1 aromatic heterocycles. The predicted molar refractivity (Wildman–Crippen MR) is 83.8 cm³/mol. The molecule has 1 heterocycles. The van der Waals surface area contributed by atoms with Gasteiger partial charge in [0.1, 0.15) is 11.5 Å². The SMILES string of the molecule is CC1CC1c1ccc(CN(C)C(=O)CC(N)C(C)(C)C)o1. The Kier molecular flexibility index (Phi) is 4.47. The van der Waals surface area contributed by atoms with Crippen molar-refractivity contribution in [3.8, 4) is 0 Å². The average molecular weight is 292 g/mol. The monoisotopic (exact) mass is 292 g/mol. The van der Waals surface area contributed by atoms with Crippen LogP contribution in [-0.2, 0) is 11.3 Å². The highest BCUT2D eigenvalue weighted by atomic mass is 16.3. The van der Waals surface area contributed by atoms with Crippen LogP contribution in [0.2, 0.25) is 0 Å². The second-order valence-electron chi connectivity index (χ2n) is 7.55. The zero-order valence-electron chi connectivity index (χ0n) is 13.8. The highest BCUT2D eigenvalue weighted by molar-refractivity contribution is 5.76. The first-order valence-electron chi connectivity index (χ1n) is 7.76. The van der Waals surface area contributed by atoms with Crippen LogP contribution >= 0.6 is 0 Å². The fraction of sp³-hybridized carbons (Fsp3) is 0.706. The fourth-order valence-electron chi connectivity index (χ4n) is 2.37. The fourth-order valence-corrected chi connectivity index (χ4v) is 2.37. The molecule has 21 heavy (non-hydrogen) atoms. The van der Waals surface area contributed by atoms with Crippen LogP contribution in [0.4, 0.5) is 0 Å². The number of hydrogen-bond donors (Lipinski definition) is 1. The molecule has 0 aromatic carbocycles. The van der Waals surface area contributed by atoms with Gasteiger partial charge in [0.15, 0.2) is 0 Å². The van der Waals surface area contributed by atoms with Gasteiger partial charge in [-0.3, -0.25) is 4.79 Å². The molecule has 0 spiro atoms. The van der Waals surface area contributed by atoms with Gasteiger partial charge in [0.2, 0.25) is 5.91 Å². The van der Waals surface area contributed by atoms with E-state index in [4.69, 9.17) is 10.2 Å². The van der Waals surface area contributed by atoms with E-state index in [-0.39, 0.29) is 17.4 Å². The summed E-state index contributed by atoms with van der Waals surface area (Å²) >= 11 is 0. The van der Waals surface area contributed by atoms with Gasteiger partial charge in [-0.25, -0.2) is 0 Å². The largest absolute Gasteiger partial charge is 0.464 e. The molecule has 1 saturated carbocycles. The molecule has 0 saturated heterocycles. The van der Waals surface area contributed by atoms with Crippen molar-refractivity contribution >= 4 is 5.91 Å². The highest BCUT2D eigenvalue weighted by Crippen LogP contribution is 2.47. The third-order valence-corrected chi connectivity index (χ3v) is 4.48. The summed E-state index contributed by atoms with van der Waals surface area (Å²) in [6.07, 6.45) is 1.58. The standard InChI is InChI=1S/C17H28N2O2/c1-11-8-13(11)14-7-6-12(21-14)10-19(5)16(20)9-15(18)17(2,3)4/h6-7,11,13,15H,8-10,18H2,1-5H3. The zero-order chi connectivity index (χ0) is 15.8. The Morgan fingerprint density at radius 2 is 2.10 bits per heavy atom. The molecule has 2 N–H and O–H groups in total. The van der Waals surface area contributed by atoms with Crippen molar-refractivity contribution in [2.75, 3.05) is 7.05 Å². The Morgan fingerprint density at radius 3 is 2.62 bits per heavy atom. The molecular weight excluding hydrogens is 264 g/mol. The van der Waals surface area contributed by atoms with Crippen molar-refractivity contribution in [1.29, 1.82) is 0 Å². The van der Waals surface area contributed by atoms with E-state index in [0.29, 0.717) is 18.9 Å². The number of hydrogen-bond acceptors (Lipinski definition) is 3. The molecule has 0 radical (unpaired) electrons. The van der Waals surface area contributed by atoms with Crippen molar-refractivity contribution < 1.29 is 9.21 Å². The zero-order valence-corrected chi connectivity index (χ0v) is 13.8. The highest BCUT2D eigenvalue weighted by Gasteiger charge is 2.36. The van der Waals surface area contributed by atoms with Gasteiger partial charge in [-0.2, -0.15) is 0 Å². The maximum Gasteiger partial charge on any atom is 0.224 e. The molecule has 1 aromatic rings. The molecule has 2 rings (SSSR count). The predicted octanol–water partition coefficient (Wildman–Crippen LogP) is 3.12. The van der Waals surface area contributed by atoms with E-state index < -0.39 is 0 Å². The van der Waals surface area contributed by atoms with Crippen molar-refractivity contribution in [3.63, 3.8) is 0 Å². The van der Waals surface area contributed by atoms with Gasteiger partial charge in [0.05, 0.1) is 6.54 Å². The number of furan rings is 1. The third-order valence-electron chi connectivity index (χ3n) is 4.48. The number of nitrogens with zero attached hydrogens (tertiary/aromatic N) is 1. The molecule has 1 aliphatic rings. The van der Waals surface area contributed by atoms with Crippen LogP contribution in [0, 0.1) is 11.3 Å². The van der Waals surface area contributed by atoms with Crippen LogP contribution in [0.3, 0.4) is 0 Å². The molecule has 0 aliphatic heterocycles. The van der Waals surface area contributed by atoms with E-state index in [1.54, 1.807) is 11.9 Å². The van der Waals surface area contributed by atoms with E-state index in [0.717, 1.165) is 17.4 Å². The van der Waals surface area contributed by atoms with E-state index in [1.165, 1.54) is 6.42 Å². The molecule has 118 valence electrons. The number of carbonyl (C=O) groups excluding carboxylic acids is 1. The van der Waals surface area contributed by atoms with E-state index >= 15 is 0 Å². The lowest BCUT2D eigenvalue weighted by molar-refractivity contribution is -0.131. The first-order valence-corrected chi connectivity index (χ1v) is 7.76. The normalized spacial score (nSPS) is 23.0. The third kappa shape index (κ3) is 4.10. The van der Waals surface area contributed by atoms with E-state index in [1.807, 2.05) is 12.1 Å². The van der Waals surface area contributed by atoms with Crippen LogP contribution in [0.15, 0.2) is 16.5 Å². The Morgan fingerprint density at radius 1 is 1.48 bits per heavy atom. The summed E-state index contributed by atoms with van der Waals surface area (Å²) in [4.78, 5) is 13.9. The molecule has 4 nitrogen and oxygen atoms in total. The van der Waals surface area contributed by atoms with Gasteiger partial charge in [0, 0.05) is 25.4 Å². The molecule has 1 fully saturated rings. The Balaban J connectivity index is 1.87. The number of carbonyl (C=O) groups is 1. The first-order chi connectivity index (χ1) is 9.68. The summed E-state index contributed by atoms with van der Waals surface area (Å²) in [6.45, 7) is 8.91. The molecule has 4 heteroatoms.